The Morgan fingerprint density at radius 2 is 2.28 bits per heavy atom. The van der Waals surface area contributed by atoms with Gasteiger partial charge in [0.1, 0.15) is 17.4 Å². The lowest BCUT2D eigenvalue weighted by atomic mass is 10.2. The van der Waals surface area contributed by atoms with E-state index in [2.05, 4.69) is 29.4 Å². The Morgan fingerprint density at radius 3 is 3.00 bits per heavy atom. The van der Waals surface area contributed by atoms with Crippen LogP contribution in [0.1, 0.15) is 23.6 Å². The largest absolute Gasteiger partial charge is 0.459 e. The van der Waals surface area contributed by atoms with E-state index in [1.54, 1.807) is 11.3 Å². The van der Waals surface area contributed by atoms with Gasteiger partial charge in [-0.25, -0.2) is 0 Å². The predicted octanol–water partition coefficient (Wildman–Crippen LogP) is 3.59. The molecule has 3 aromatic rings. The molecule has 0 aliphatic heterocycles. The van der Waals surface area contributed by atoms with Gasteiger partial charge in [0.25, 0.3) is 0 Å². The van der Waals surface area contributed by atoms with Crippen molar-refractivity contribution in [1.29, 1.82) is 0 Å². The molecule has 0 spiro atoms. The minimum absolute atomic E-state index is 0.0925. The molecule has 92 valence electrons. The summed E-state index contributed by atoms with van der Waals surface area (Å²) in [4.78, 5) is 5.32. The second kappa shape index (κ2) is 4.92. The van der Waals surface area contributed by atoms with Crippen molar-refractivity contribution in [3.63, 3.8) is 0 Å². The minimum atomic E-state index is 0.0925. The van der Waals surface area contributed by atoms with Crippen LogP contribution in [0.5, 0.6) is 0 Å². The van der Waals surface area contributed by atoms with Gasteiger partial charge < -0.3 is 9.73 Å². The Morgan fingerprint density at radius 1 is 1.39 bits per heavy atom. The first-order valence-corrected chi connectivity index (χ1v) is 6.86. The molecule has 0 fully saturated rings. The number of nitrogens with zero attached hydrogens (tertiary/aromatic N) is 1. The maximum Gasteiger partial charge on any atom is 0.134 e. The summed E-state index contributed by atoms with van der Waals surface area (Å²) in [6.45, 7) is 2.98. The zero-order valence-electron chi connectivity index (χ0n) is 10.1. The monoisotopic (exact) mass is 258 g/mol. The number of nitrogens with one attached hydrogen (secondary N) is 1. The molecule has 4 heteroatoms. The minimum Gasteiger partial charge on any atom is -0.459 e. The predicted molar refractivity (Wildman–Crippen MR) is 73.8 cm³/mol. The maximum atomic E-state index is 5.92. The van der Waals surface area contributed by atoms with Gasteiger partial charge in [-0.3, -0.25) is 4.98 Å². The van der Waals surface area contributed by atoms with Gasteiger partial charge in [0.15, 0.2) is 0 Å². The van der Waals surface area contributed by atoms with Gasteiger partial charge in [0.2, 0.25) is 0 Å². The Hall–Kier alpha value is -1.65. The van der Waals surface area contributed by atoms with Crippen molar-refractivity contribution in [1.82, 2.24) is 10.3 Å². The van der Waals surface area contributed by atoms with Crippen molar-refractivity contribution < 1.29 is 4.42 Å². The van der Waals surface area contributed by atoms with Gasteiger partial charge in [0, 0.05) is 16.5 Å². The summed E-state index contributed by atoms with van der Waals surface area (Å²) in [6.07, 6.45) is 1.89. The van der Waals surface area contributed by atoms with E-state index in [1.807, 2.05) is 29.9 Å². The molecule has 1 atom stereocenters. The van der Waals surface area contributed by atoms with Crippen LogP contribution in [-0.2, 0) is 0 Å². The van der Waals surface area contributed by atoms with Crippen LogP contribution in [0.3, 0.4) is 0 Å². The average Bonchev–Trinajstić information content (AvgIpc) is 3.04. The molecular weight excluding hydrogens is 244 g/mol. The Kier molecular flexibility index (Phi) is 3.13. The highest BCUT2D eigenvalue weighted by molar-refractivity contribution is 7.09. The molecule has 1 aromatic carbocycles. The fourth-order valence-corrected chi connectivity index (χ4v) is 2.76. The molecule has 0 radical (unpaired) electrons. The fourth-order valence-electron chi connectivity index (χ4n) is 2.06. The number of rotatable bonds is 4. The van der Waals surface area contributed by atoms with Gasteiger partial charge in [-0.1, -0.05) is 25.1 Å². The highest BCUT2D eigenvalue weighted by atomic mass is 32.1. The molecule has 2 heterocycles. The first-order valence-electron chi connectivity index (χ1n) is 5.98. The molecule has 3 nitrogen and oxygen atoms in total. The molecule has 0 aliphatic rings. The van der Waals surface area contributed by atoms with Crippen molar-refractivity contribution in [2.45, 2.75) is 13.0 Å². The number of benzene rings is 1. The zero-order valence-corrected chi connectivity index (χ0v) is 10.9. The van der Waals surface area contributed by atoms with Crippen LogP contribution in [-0.4, -0.2) is 11.5 Å². The van der Waals surface area contributed by atoms with Crippen LogP contribution >= 0.6 is 11.3 Å². The lowest BCUT2D eigenvalue weighted by Gasteiger charge is -2.12. The first-order chi connectivity index (χ1) is 8.88. The summed E-state index contributed by atoms with van der Waals surface area (Å²) >= 11 is 1.64. The summed E-state index contributed by atoms with van der Waals surface area (Å²) in [7, 11) is 0. The van der Waals surface area contributed by atoms with Gasteiger partial charge in [-0.05, 0) is 18.7 Å². The van der Waals surface area contributed by atoms with E-state index in [-0.39, 0.29) is 6.04 Å². The molecule has 0 aliphatic carbocycles. The van der Waals surface area contributed by atoms with Crippen molar-refractivity contribution in [3.05, 3.63) is 52.7 Å². The van der Waals surface area contributed by atoms with Crippen molar-refractivity contribution in [2.75, 3.05) is 6.54 Å². The molecule has 2 aromatic heterocycles. The Balaban J connectivity index is 2.04. The van der Waals surface area contributed by atoms with Crippen LogP contribution in [0.4, 0.5) is 0 Å². The summed E-state index contributed by atoms with van der Waals surface area (Å²) in [6, 6.07) is 10.3. The smallest absolute Gasteiger partial charge is 0.134 e. The first kappa shape index (κ1) is 11.4. The SMILES string of the molecule is CCNC(c1cc2ccccc2o1)c1cncs1. The van der Waals surface area contributed by atoms with Crippen LogP contribution in [0.25, 0.3) is 11.0 Å². The maximum absolute atomic E-state index is 5.92. The fraction of sp³-hybridized carbons (Fsp3) is 0.214. The average molecular weight is 258 g/mol. The zero-order chi connectivity index (χ0) is 12.4. The Bertz CT molecular complexity index is 597. The van der Waals surface area contributed by atoms with Crippen LogP contribution in [0.2, 0.25) is 0 Å². The van der Waals surface area contributed by atoms with E-state index < -0.39 is 0 Å². The molecule has 1 unspecified atom stereocenters. The van der Waals surface area contributed by atoms with E-state index in [0.29, 0.717) is 0 Å². The van der Waals surface area contributed by atoms with Crippen LogP contribution in [0, 0.1) is 0 Å². The van der Waals surface area contributed by atoms with Crippen molar-refractivity contribution >= 4 is 22.3 Å². The second-order valence-corrected chi connectivity index (χ2v) is 5.00. The van der Waals surface area contributed by atoms with E-state index >= 15 is 0 Å². The van der Waals surface area contributed by atoms with E-state index in [1.165, 1.54) is 4.88 Å². The van der Waals surface area contributed by atoms with Crippen molar-refractivity contribution in [3.8, 4) is 0 Å². The lowest BCUT2D eigenvalue weighted by Crippen LogP contribution is -2.20. The Labute approximate surface area is 109 Å². The molecular formula is C14H14N2OS. The third-order valence-electron chi connectivity index (χ3n) is 2.87. The molecule has 0 saturated carbocycles. The van der Waals surface area contributed by atoms with E-state index in [9.17, 15) is 0 Å². The third-order valence-corrected chi connectivity index (χ3v) is 3.71. The number of aromatic nitrogens is 1. The number of hydrogen-bond donors (Lipinski definition) is 1. The molecule has 1 N–H and O–H groups in total. The summed E-state index contributed by atoms with van der Waals surface area (Å²) in [5, 5.41) is 4.58. The third kappa shape index (κ3) is 2.05. The molecule has 18 heavy (non-hydrogen) atoms. The summed E-state index contributed by atoms with van der Waals surface area (Å²) in [5.74, 6) is 0.947. The number of thiazole rings is 1. The topological polar surface area (TPSA) is 38.1 Å². The molecule has 0 amide bonds. The van der Waals surface area contributed by atoms with E-state index in [0.717, 1.165) is 23.3 Å². The summed E-state index contributed by atoms with van der Waals surface area (Å²) in [5.41, 5.74) is 2.78. The van der Waals surface area contributed by atoms with E-state index in [4.69, 9.17) is 4.42 Å². The number of furan rings is 1. The normalized spacial score (nSPS) is 12.9. The van der Waals surface area contributed by atoms with Gasteiger partial charge >= 0.3 is 0 Å². The van der Waals surface area contributed by atoms with Gasteiger partial charge in [-0.2, -0.15) is 0 Å². The van der Waals surface area contributed by atoms with Crippen LogP contribution in [0.15, 0.2) is 46.5 Å². The number of hydrogen-bond acceptors (Lipinski definition) is 4. The lowest BCUT2D eigenvalue weighted by molar-refractivity contribution is 0.480. The molecule has 3 rings (SSSR count). The van der Waals surface area contributed by atoms with Gasteiger partial charge in [-0.15, -0.1) is 11.3 Å². The quantitative estimate of drug-likeness (QED) is 0.777. The van der Waals surface area contributed by atoms with Crippen LogP contribution < -0.4 is 5.32 Å². The number of fused-ring (bicyclic) bond motifs is 1. The summed E-state index contributed by atoms with van der Waals surface area (Å²) < 4.78 is 5.92. The molecule has 0 bridgehead atoms. The second-order valence-electron chi connectivity index (χ2n) is 4.08. The standard InChI is InChI=1S/C14H14N2OS/c1-2-16-14(13-8-15-9-18-13)12-7-10-5-3-4-6-11(10)17-12/h3-9,14,16H,2H2,1H3. The number of para-hydroxylation sites is 1. The van der Waals surface area contributed by atoms with Gasteiger partial charge in [0.05, 0.1) is 5.51 Å². The highest BCUT2D eigenvalue weighted by Crippen LogP contribution is 2.29. The highest BCUT2D eigenvalue weighted by Gasteiger charge is 2.18. The van der Waals surface area contributed by atoms with Crippen molar-refractivity contribution in [2.24, 2.45) is 0 Å². The molecule has 0 saturated heterocycles.